The Kier molecular flexibility index (Phi) is 7.84. The van der Waals surface area contributed by atoms with Crippen molar-refractivity contribution >= 4 is 46.5 Å². The van der Waals surface area contributed by atoms with E-state index in [9.17, 15) is 14.4 Å². The van der Waals surface area contributed by atoms with Gasteiger partial charge in [0.1, 0.15) is 22.1 Å². The summed E-state index contributed by atoms with van der Waals surface area (Å²) in [4.78, 5) is 42.2. The number of methoxy groups -OCH3 is 2. The second-order valence-corrected chi connectivity index (χ2v) is 9.71. The van der Waals surface area contributed by atoms with Gasteiger partial charge in [-0.05, 0) is 54.6 Å². The number of ether oxygens (including phenoxy) is 2. The van der Waals surface area contributed by atoms with E-state index in [-0.39, 0.29) is 16.5 Å². The minimum Gasteiger partial charge on any atom is -0.497 e. The number of imide groups is 1. The first kappa shape index (κ1) is 26.6. The number of rotatable bonds is 9. The van der Waals surface area contributed by atoms with Crippen molar-refractivity contribution in [3.05, 3.63) is 119 Å². The van der Waals surface area contributed by atoms with Gasteiger partial charge in [-0.25, -0.2) is 4.90 Å². The van der Waals surface area contributed by atoms with Gasteiger partial charge in [0.15, 0.2) is 0 Å². The van der Waals surface area contributed by atoms with Gasteiger partial charge >= 0.3 is 0 Å². The number of nitrogens with one attached hydrogen (secondary N) is 2. The molecule has 0 fully saturated rings. The fourth-order valence-electron chi connectivity index (χ4n) is 4.13. The third-order valence-electron chi connectivity index (χ3n) is 6.06. The molecule has 0 saturated heterocycles. The number of nitrogens with zero attached hydrogens (tertiary/aromatic N) is 1. The summed E-state index contributed by atoms with van der Waals surface area (Å²) in [6, 6.07) is 30.0. The molecular formula is C31H25N3O5S. The zero-order valence-corrected chi connectivity index (χ0v) is 22.5. The summed E-state index contributed by atoms with van der Waals surface area (Å²) in [7, 11) is 3.02. The number of para-hydroxylation sites is 2. The molecule has 0 aliphatic carbocycles. The lowest BCUT2D eigenvalue weighted by molar-refractivity contribution is -0.120. The van der Waals surface area contributed by atoms with E-state index in [0.29, 0.717) is 39.0 Å². The Bertz CT molecular complexity index is 1610. The SMILES string of the molecule is COc1ccc(C(=O)Nc2cccc(SC3=C(Nc4ccccc4)C(=O)N(c4ccccc4)C3=O)c2)c(OC)c1. The molecule has 2 N–H and O–H groups in total. The Morgan fingerprint density at radius 2 is 1.45 bits per heavy atom. The lowest BCUT2D eigenvalue weighted by atomic mass is 10.1. The molecule has 0 unspecified atom stereocenters. The van der Waals surface area contributed by atoms with Crippen molar-refractivity contribution in [3.8, 4) is 11.5 Å². The molecule has 8 nitrogen and oxygen atoms in total. The number of thioether (sulfide) groups is 1. The van der Waals surface area contributed by atoms with Crippen LogP contribution in [0.2, 0.25) is 0 Å². The highest BCUT2D eigenvalue weighted by Crippen LogP contribution is 2.38. The molecule has 0 bridgehead atoms. The highest BCUT2D eigenvalue weighted by molar-refractivity contribution is 8.04. The van der Waals surface area contributed by atoms with E-state index in [1.165, 1.54) is 14.2 Å². The number of carbonyl (C=O) groups is 3. The van der Waals surface area contributed by atoms with Crippen LogP contribution in [0.3, 0.4) is 0 Å². The van der Waals surface area contributed by atoms with E-state index >= 15 is 0 Å². The molecule has 200 valence electrons. The van der Waals surface area contributed by atoms with Crippen LogP contribution in [0.1, 0.15) is 10.4 Å². The second kappa shape index (κ2) is 11.8. The summed E-state index contributed by atoms with van der Waals surface area (Å²) >= 11 is 1.15. The van der Waals surface area contributed by atoms with Crippen LogP contribution in [0.4, 0.5) is 17.1 Å². The minimum atomic E-state index is -0.446. The maximum absolute atomic E-state index is 13.6. The van der Waals surface area contributed by atoms with Gasteiger partial charge in [0.2, 0.25) is 0 Å². The average Bonchev–Trinajstić information content (AvgIpc) is 3.21. The third kappa shape index (κ3) is 5.55. The predicted octanol–water partition coefficient (Wildman–Crippen LogP) is 5.95. The normalized spacial score (nSPS) is 12.9. The van der Waals surface area contributed by atoms with Gasteiger partial charge in [-0.2, -0.15) is 0 Å². The van der Waals surface area contributed by atoms with Crippen molar-refractivity contribution < 1.29 is 23.9 Å². The number of hydrogen-bond donors (Lipinski definition) is 2. The third-order valence-corrected chi connectivity index (χ3v) is 7.14. The zero-order chi connectivity index (χ0) is 28.1. The smallest absolute Gasteiger partial charge is 0.283 e. The summed E-state index contributed by atoms with van der Waals surface area (Å²) in [6.07, 6.45) is 0. The molecule has 0 atom stereocenters. The molecule has 9 heteroatoms. The average molecular weight is 552 g/mol. The van der Waals surface area contributed by atoms with Crippen LogP contribution in [0.5, 0.6) is 11.5 Å². The maximum atomic E-state index is 13.6. The molecule has 1 heterocycles. The number of amides is 3. The van der Waals surface area contributed by atoms with E-state index in [0.717, 1.165) is 16.7 Å². The lowest BCUT2D eigenvalue weighted by Crippen LogP contribution is -2.32. The van der Waals surface area contributed by atoms with E-state index in [4.69, 9.17) is 9.47 Å². The van der Waals surface area contributed by atoms with Crippen molar-refractivity contribution in [2.45, 2.75) is 4.90 Å². The maximum Gasteiger partial charge on any atom is 0.283 e. The van der Waals surface area contributed by atoms with Gasteiger partial charge in [0, 0.05) is 22.3 Å². The number of hydrogen-bond acceptors (Lipinski definition) is 7. The number of benzene rings is 4. The molecule has 4 aromatic rings. The van der Waals surface area contributed by atoms with Crippen molar-refractivity contribution in [1.29, 1.82) is 0 Å². The highest BCUT2D eigenvalue weighted by atomic mass is 32.2. The summed E-state index contributed by atoms with van der Waals surface area (Å²) in [5.41, 5.74) is 2.20. The first-order chi connectivity index (χ1) is 19.5. The first-order valence-electron chi connectivity index (χ1n) is 12.3. The monoisotopic (exact) mass is 551 g/mol. The molecule has 0 radical (unpaired) electrons. The van der Waals surface area contributed by atoms with Gasteiger partial charge in [0.25, 0.3) is 17.7 Å². The first-order valence-corrected chi connectivity index (χ1v) is 13.1. The topological polar surface area (TPSA) is 97.0 Å². The molecule has 3 amide bonds. The molecule has 5 rings (SSSR count). The Morgan fingerprint density at radius 1 is 0.750 bits per heavy atom. The van der Waals surface area contributed by atoms with Gasteiger partial charge < -0.3 is 20.1 Å². The predicted molar refractivity (Wildman–Crippen MR) is 156 cm³/mol. The summed E-state index contributed by atoms with van der Waals surface area (Å²) in [5.74, 6) is -0.300. The van der Waals surface area contributed by atoms with Crippen LogP contribution in [0, 0.1) is 0 Å². The fraction of sp³-hybridized carbons (Fsp3) is 0.0645. The van der Waals surface area contributed by atoms with Crippen LogP contribution < -0.4 is 25.0 Å². The van der Waals surface area contributed by atoms with Gasteiger partial charge in [-0.3, -0.25) is 14.4 Å². The second-order valence-electron chi connectivity index (χ2n) is 8.63. The van der Waals surface area contributed by atoms with E-state index in [1.807, 2.05) is 42.5 Å². The van der Waals surface area contributed by atoms with Crippen molar-refractivity contribution in [2.75, 3.05) is 29.8 Å². The fourth-order valence-corrected chi connectivity index (χ4v) is 5.12. The van der Waals surface area contributed by atoms with Crippen LogP contribution in [-0.4, -0.2) is 31.9 Å². The molecule has 1 aliphatic rings. The van der Waals surface area contributed by atoms with Crippen molar-refractivity contribution in [3.63, 3.8) is 0 Å². The molecule has 40 heavy (non-hydrogen) atoms. The van der Waals surface area contributed by atoms with Crippen LogP contribution >= 0.6 is 11.8 Å². The largest absolute Gasteiger partial charge is 0.497 e. The molecule has 0 aromatic heterocycles. The summed E-state index contributed by atoms with van der Waals surface area (Å²) in [6.45, 7) is 0. The zero-order valence-electron chi connectivity index (χ0n) is 21.7. The molecule has 4 aromatic carbocycles. The van der Waals surface area contributed by atoms with Crippen LogP contribution in [0.15, 0.2) is 119 Å². The highest BCUT2D eigenvalue weighted by Gasteiger charge is 2.40. The molecular weight excluding hydrogens is 526 g/mol. The van der Waals surface area contributed by atoms with Gasteiger partial charge in [0.05, 0.1) is 25.5 Å². The molecule has 1 aliphatic heterocycles. The standard InChI is InChI=1S/C31H25N3O5S/c1-38-23-16-17-25(26(19-23)39-2)29(35)33-21-12-9-15-24(18-21)40-28-27(32-20-10-5-3-6-11-20)30(36)34(31(28)37)22-13-7-4-8-14-22/h3-19,32H,1-2H3,(H,33,35). The van der Waals surface area contributed by atoms with Crippen molar-refractivity contribution in [2.24, 2.45) is 0 Å². The quantitative estimate of drug-likeness (QED) is 0.248. The molecule has 0 spiro atoms. The Balaban J connectivity index is 1.43. The van der Waals surface area contributed by atoms with E-state index < -0.39 is 11.8 Å². The Hall–Kier alpha value is -5.02. The minimum absolute atomic E-state index is 0.183. The Labute approximate surface area is 235 Å². The van der Waals surface area contributed by atoms with Crippen LogP contribution in [-0.2, 0) is 9.59 Å². The van der Waals surface area contributed by atoms with E-state index in [2.05, 4.69) is 10.6 Å². The van der Waals surface area contributed by atoms with Gasteiger partial charge in [-0.1, -0.05) is 54.2 Å². The lowest BCUT2D eigenvalue weighted by Gasteiger charge is -2.15. The van der Waals surface area contributed by atoms with Crippen molar-refractivity contribution in [1.82, 2.24) is 0 Å². The number of anilines is 3. The van der Waals surface area contributed by atoms with Crippen LogP contribution in [0.25, 0.3) is 0 Å². The summed E-state index contributed by atoms with van der Waals surface area (Å²) < 4.78 is 10.6. The Morgan fingerprint density at radius 3 is 2.15 bits per heavy atom. The molecule has 0 saturated carbocycles. The number of carbonyl (C=O) groups excluding carboxylic acids is 3. The van der Waals surface area contributed by atoms with E-state index in [1.54, 1.807) is 60.7 Å². The van der Waals surface area contributed by atoms with Gasteiger partial charge in [-0.15, -0.1) is 0 Å². The summed E-state index contributed by atoms with van der Waals surface area (Å²) in [5, 5.41) is 6.01.